The second-order valence-electron chi connectivity index (χ2n) is 6.35. The third-order valence-electron chi connectivity index (χ3n) is 4.42. The molecule has 1 aliphatic carbocycles. The first-order valence-electron chi connectivity index (χ1n) is 7.85. The molecule has 0 saturated heterocycles. The molecule has 22 heavy (non-hydrogen) atoms. The summed E-state index contributed by atoms with van der Waals surface area (Å²) in [6, 6.07) is 5.25. The van der Waals surface area contributed by atoms with Crippen LogP contribution in [-0.2, 0) is 10.0 Å². The standard InChI is InChI=1S/C17H24N2O2S/c1-12-9-13(2)17(14(3)10-12)22(20,21)19-16(11-18)15-7-5-4-6-8-15/h9-10,15-16,19H,4-8H2,1-3H3. The molecule has 1 aromatic rings. The second kappa shape index (κ2) is 6.80. The van der Waals surface area contributed by atoms with Gasteiger partial charge in [0, 0.05) is 0 Å². The first kappa shape index (κ1) is 17.0. The maximum absolute atomic E-state index is 12.7. The lowest BCUT2D eigenvalue weighted by Crippen LogP contribution is -2.40. The monoisotopic (exact) mass is 320 g/mol. The summed E-state index contributed by atoms with van der Waals surface area (Å²) in [5.41, 5.74) is 2.49. The van der Waals surface area contributed by atoms with E-state index < -0.39 is 16.1 Å². The van der Waals surface area contributed by atoms with Crippen molar-refractivity contribution in [1.82, 2.24) is 4.72 Å². The highest BCUT2D eigenvalue weighted by Gasteiger charge is 2.29. The smallest absolute Gasteiger partial charge is 0.207 e. The number of hydrogen-bond donors (Lipinski definition) is 1. The van der Waals surface area contributed by atoms with Crippen molar-refractivity contribution in [3.8, 4) is 6.07 Å². The predicted molar refractivity (Wildman–Crippen MR) is 87.0 cm³/mol. The molecule has 1 aliphatic rings. The maximum atomic E-state index is 12.7. The van der Waals surface area contributed by atoms with Gasteiger partial charge in [-0.2, -0.15) is 9.98 Å². The molecule has 2 rings (SSSR count). The Morgan fingerprint density at radius 1 is 1.14 bits per heavy atom. The molecule has 120 valence electrons. The van der Waals surface area contributed by atoms with Gasteiger partial charge in [0.05, 0.1) is 11.0 Å². The fourth-order valence-electron chi connectivity index (χ4n) is 3.51. The van der Waals surface area contributed by atoms with E-state index >= 15 is 0 Å². The van der Waals surface area contributed by atoms with Crippen molar-refractivity contribution in [2.45, 2.75) is 63.8 Å². The lowest BCUT2D eigenvalue weighted by molar-refractivity contribution is 0.324. The van der Waals surface area contributed by atoms with Crippen molar-refractivity contribution in [3.63, 3.8) is 0 Å². The summed E-state index contributed by atoms with van der Waals surface area (Å²) < 4.78 is 28.1. The van der Waals surface area contributed by atoms with Crippen LogP contribution in [0.2, 0.25) is 0 Å². The molecule has 0 radical (unpaired) electrons. The molecular weight excluding hydrogens is 296 g/mol. The number of benzene rings is 1. The Hall–Kier alpha value is -1.38. The summed E-state index contributed by atoms with van der Waals surface area (Å²) in [5.74, 6) is 0.125. The zero-order valence-corrected chi connectivity index (χ0v) is 14.3. The molecule has 1 unspecified atom stereocenters. The third kappa shape index (κ3) is 3.68. The van der Waals surface area contributed by atoms with E-state index in [-0.39, 0.29) is 5.92 Å². The molecule has 1 atom stereocenters. The molecule has 1 saturated carbocycles. The van der Waals surface area contributed by atoms with Crippen LogP contribution >= 0.6 is 0 Å². The minimum absolute atomic E-state index is 0.125. The molecule has 0 heterocycles. The topological polar surface area (TPSA) is 70.0 Å². The Labute approximate surface area is 133 Å². The van der Waals surface area contributed by atoms with Crippen molar-refractivity contribution in [2.24, 2.45) is 5.92 Å². The number of nitriles is 1. The van der Waals surface area contributed by atoms with Crippen LogP contribution in [0.4, 0.5) is 0 Å². The highest BCUT2D eigenvalue weighted by molar-refractivity contribution is 7.89. The molecular formula is C17H24N2O2S. The fraction of sp³-hybridized carbons (Fsp3) is 0.588. The molecule has 4 nitrogen and oxygen atoms in total. The summed E-state index contributed by atoms with van der Waals surface area (Å²) in [7, 11) is -3.67. The van der Waals surface area contributed by atoms with E-state index in [1.165, 1.54) is 6.42 Å². The van der Waals surface area contributed by atoms with Crippen LogP contribution in [-0.4, -0.2) is 14.5 Å². The first-order valence-corrected chi connectivity index (χ1v) is 9.33. The van der Waals surface area contributed by atoms with Gasteiger partial charge in [0.25, 0.3) is 0 Å². The highest BCUT2D eigenvalue weighted by atomic mass is 32.2. The average molecular weight is 320 g/mol. The summed E-state index contributed by atoms with van der Waals surface area (Å²) >= 11 is 0. The van der Waals surface area contributed by atoms with Gasteiger partial charge in [-0.1, -0.05) is 37.0 Å². The normalized spacial score (nSPS) is 17.9. The minimum Gasteiger partial charge on any atom is -0.207 e. The van der Waals surface area contributed by atoms with Gasteiger partial charge in [-0.25, -0.2) is 8.42 Å². The predicted octanol–water partition coefficient (Wildman–Crippen LogP) is 3.36. The third-order valence-corrected chi connectivity index (χ3v) is 6.16. The molecule has 0 aromatic heterocycles. The zero-order chi connectivity index (χ0) is 16.3. The Balaban J connectivity index is 2.29. The van der Waals surface area contributed by atoms with Crippen LogP contribution in [0, 0.1) is 38.0 Å². The highest BCUT2D eigenvalue weighted by Crippen LogP contribution is 2.28. The maximum Gasteiger partial charge on any atom is 0.242 e. The van der Waals surface area contributed by atoms with Crippen LogP contribution in [0.15, 0.2) is 17.0 Å². The number of aryl methyl sites for hydroxylation is 3. The van der Waals surface area contributed by atoms with Crippen molar-refractivity contribution in [3.05, 3.63) is 28.8 Å². The van der Waals surface area contributed by atoms with E-state index in [1.54, 1.807) is 13.8 Å². The van der Waals surface area contributed by atoms with E-state index in [0.717, 1.165) is 42.4 Å². The van der Waals surface area contributed by atoms with Crippen molar-refractivity contribution >= 4 is 10.0 Å². The number of sulfonamides is 1. The van der Waals surface area contributed by atoms with Crippen LogP contribution in [0.25, 0.3) is 0 Å². The fourth-order valence-corrected chi connectivity index (χ4v) is 5.18. The van der Waals surface area contributed by atoms with E-state index in [0.29, 0.717) is 4.90 Å². The lowest BCUT2D eigenvalue weighted by atomic mass is 9.85. The molecule has 5 heteroatoms. The Morgan fingerprint density at radius 2 is 1.68 bits per heavy atom. The SMILES string of the molecule is Cc1cc(C)c(S(=O)(=O)NC(C#N)C2CCCCC2)c(C)c1. The van der Waals surface area contributed by atoms with Crippen molar-refractivity contribution in [1.29, 1.82) is 5.26 Å². The average Bonchev–Trinajstić information content (AvgIpc) is 2.44. The molecule has 0 spiro atoms. The van der Waals surface area contributed by atoms with Gasteiger partial charge in [0.1, 0.15) is 6.04 Å². The molecule has 0 bridgehead atoms. The number of hydrogen-bond acceptors (Lipinski definition) is 3. The summed E-state index contributed by atoms with van der Waals surface area (Å²) in [6.45, 7) is 5.55. The van der Waals surface area contributed by atoms with Crippen LogP contribution in [0.3, 0.4) is 0 Å². The van der Waals surface area contributed by atoms with Crippen molar-refractivity contribution < 1.29 is 8.42 Å². The minimum atomic E-state index is -3.67. The molecule has 1 aromatic carbocycles. The molecule has 0 amide bonds. The largest absolute Gasteiger partial charge is 0.242 e. The molecule has 1 fully saturated rings. The van der Waals surface area contributed by atoms with E-state index in [2.05, 4.69) is 10.8 Å². The van der Waals surface area contributed by atoms with Gasteiger partial charge in [-0.3, -0.25) is 0 Å². The van der Waals surface area contributed by atoms with Crippen LogP contribution in [0.5, 0.6) is 0 Å². The molecule has 1 N–H and O–H groups in total. The van der Waals surface area contributed by atoms with Gasteiger partial charge < -0.3 is 0 Å². The Morgan fingerprint density at radius 3 is 2.18 bits per heavy atom. The van der Waals surface area contributed by atoms with E-state index in [1.807, 2.05) is 19.1 Å². The van der Waals surface area contributed by atoms with Crippen LogP contribution in [0.1, 0.15) is 48.8 Å². The van der Waals surface area contributed by atoms with E-state index in [4.69, 9.17) is 0 Å². The molecule has 0 aliphatic heterocycles. The quantitative estimate of drug-likeness (QED) is 0.924. The second-order valence-corrected chi connectivity index (χ2v) is 8.00. The number of nitrogens with zero attached hydrogens (tertiary/aromatic N) is 1. The van der Waals surface area contributed by atoms with Crippen molar-refractivity contribution in [2.75, 3.05) is 0 Å². The number of rotatable bonds is 4. The summed E-state index contributed by atoms with van der Waals surface area (Å²) in [5, 5.41) is 9.39. The van der Waals surface area contributed by atoms with E-state index in [9.17, 15) is 13.7 Å². The van der Waals surface area contributed by atoms with Gasteiger partial charge in [-0.05, 0) is 50.7 Å². The summed E-state index contributed by atoms with van der Waals surface area (Å²) in [4.78, 5) is 0.314. The van der Waals surface area contributed by atoms with Gasteiger partial charge in [0.15, 0.2) is 0 Å². The summed E-state index contributed by atoms with van der Waals surface area (Å²) in [6.07, 6.45) is 5.18. The zero-order valence-electron chi connectivity index (χ0n) is 13.5. The first-order chi connectivity index (χ1) is 10.3. The van der Waals surface area contributed by atoms with Crippen LogP contribution < -0.4 is 4.72 Å². The van der Waals surface area contributed by atoms with Gasteiger partial charge >= 0.3 is 0 Å². The van der Waals surface area contributed by atoms with Gasteiger partial charge in [-0.15, -0.1) is 0 Å². The Bertz CT molecular complexity index is 660. The lowest BCUT2D eigenvalue weighted by Gasteiger charge is -2.26. The number of nitrogens with one attached hydrogen (secondary N) is 1. The van der Waals surface area contributed by atoms with Gasteiger partial charge in [0.2, 0.25) is 10.0 Å². The Kier molecular flexibility index (Phi) is 5.25.